The van der Waals surface area contributed by atoms with Gasteiger partial charge in [-0.15, -0.1) is 10.2 Å². The Kier molecular flexibility index (Phi) is 7.24. The smallest absolute Gasteiger partial charge is 0.254 e. The Bertz CT molecular complexity index is 866. The summed E-state index contributed by atoms with van der Waals surface area (Å²) >= 11 is 1.30. The van der Waals surface area contributed by atoms with Crippen LogP contribution in [-0.2, 0) is 11.8 Å². The first kappa shape index (κ1) is 21.3. The fourth-order valence-corrected chi connectivity index (χ4v) is 4.19. The van der Waals surface area contributed by atoms with E-state index in [1.807, 2.05) is 0 Å². The minimum absolute atomic E-state index is 0.00708. The third-order valence-corrected chi connectivity index (χ3v) is 6.04. The molecule has 2 N–H and O–H groups in total. The van der Waals surface area contributed by atoms with E-state index in [1.54, 1.807) is 24.6 Å². The van der Waals surface area contributed by atoms with Crippen molar-refractivity contribution in [1.29, 1.82) is 0 Å². The van der Waals surface area contributed by atoms with Gasteiger partial charge in [-0.2, -0.15) is 0 Å². The summed E-state index contributed by atoms with van der Waals surface area (Å²) in [5.74, 6) is -0.300. The van der Waals surface area contributed by atoms with Crippen LogP contribution in [0.15, 0.2) is 29.4 Å². The van der Waals surface area contributed by atoms with Crippen molar-refractivity contribution in [3.63, 3.8) is 0 Å². The van der Waals surface area contributed by atoms with E-state index < -0.39 is 17.8 Å². The van der Waals surface area contributed by atoms with Gasteiger partial charge in [0, 0.05) is 13.1 Å². The van der Waals surface area contributed by atoms with Gasteiger partial charge < -0.3 is 15.2 Å². The Labute approximate surface area is 173 Å². The molecule has 1 aliphatic carbocycles. The summed E-state index contributed by atoms with van der Waals surface area (Å²) in [7, 11) is 1.78. The summed E-state index contributed by atoms with van der Waals surface area (Å²) in [5, 5.41) is 14.7. The second-order valence-corrected chi connectivity index (χ2v) is 8.21. The highest BCUT2D eigenvalue weighted by atomic mass is 32.2. The Balaban J connectivity index is 1.54. The molecule has 7 nitrogen and oxygen atoms in total. The highest BCUT2D eigenvalue weighted by molar-refractivity contribution is 7.99. The average Bonchev–Trinajstić information content (AvgIpc) is 3.08. The van der Waals surface area contributed by atoms with Crippen LogP contribution in [0, 0.1) is 5.82 Å². The van der Waals surface area contributed by atoms with Gasteiger partial charge in [0.25, 0.3) is 5.91 Å². The van der Waals surface area contributed by atoms with Crippen LogP contribution in [0.4, 0.5) is 4.39 Å². The standard InChI is InChI=1S/C20H26FN5O2S/c1-13(22-19(28)15-10-6-7-11-16(15)21)18-24-25-20(26(18)2)29-12-17(27)23-14-8-4-3-5-9-14/h6-7,10-11,13-14H,3-5,8-9,12H2,1-2H3,(H,22,28)(H,23,27)/t13-/m0/s1. The first-order valence-corrected chi connectivity index (χ1v) is 10.8. The SMILES string of the molecule is C[C@H](NC(=O)c1ccccc1F)c1nnc(SCC(=O)NC2CCCCC2)n1C. The number of carbonyl (C=O) groups is 2. The Morgan fingerprint density at radius 1 is 1.24 bits per heavy atom. The number of halogens is 1. The summed E-state index contributed by atoms with van der Waals surface area (Å²) in [5.41, 5.74) is -0.0181. The third-order valence-electron chi connectivity index (χ3n) is 5.02. The molecule has 1 aromatic heterocycles. The second-order valence-electron chi connectivity index (χ2n) is 7.27. The third kappa shape index (κ3) is 5.56. The summed E-state index contributed by atoms with van der Waals surface area (Å²) in [6, 6.07) is 5.63. The zero-order chi connectivity index (χ0) is 20.8. The van der Waals surface area contributed by atoms with Crippen molar-refractivity contribution in [2.45, 2.75) is 56.3 Å². The van der Waals surface area contributed by atoms with Gasteiger partial charge in [0.05, 0.1) is 17.4 Å². The average molecular weight is 420 g/mol. The zero-order valence-corrected chi connectivity index (χ0v) is 17.5. The molecule has 29 heavy (non-hydrogen) atoms. The van der Waals surface area contributed by atoms with Crippen LogP contribution in [-0.4, -0.2) is 38.4 Å². The fourth-order valence-electron chi connectivity index (χ4n) is 3.46. The van der Waals surface area contributed by atoms with E-state index >= 15 is 0 Å². The van der Waals surface area contributed by atoms with Crippen LogP contribution >= 0.6 is 11.8 Å². The van der Waals surface area contributed by atoms with Crippen molar-refractivity contribution in [2.24, 2.45) is 7.05 Å². The normalized spacial score (nSPS) is 15.7. The van der Waals surface area contributed by atoms with Crippen LogP contribution in [0.5, 0.6) is 0 Å². The summed E-state index contributed by atoms with van der Waals surface area (Å²) < 4.78 is 15.5. The molecule has 1 heterocycles. The molecule has 0 spiro atoms. The lowest BCUT2D eigenvalue weighted by molar-refractivity contribution is -0.119. The van der Waals surface area contributed by atoms with E-state index in [2.05, 4.69) is 20.8 Å². The molecule has 1 fully saturated rings. The lowest BCUT2D eigenvalue weighted by Crippen LogP contribution is -2.37. The van der Waals surface area contributed by atoms with Crippen LogP contribution in [0.25, 0.3) is 0 Å². The molecule has 1 aliphatic rings. The summed E-state index contributed by atoms with van der Waals surface area (Å²) in [6.45, 7) is 1.76. The van der Waals surface area contributed by atoms with Gasteiger partial charge in [-0.3, -0.25) is 9.59 Å². The molecule has 2 aromatic rings. The van der Waals surface area contributed by atoms with Gasteiger partial charge in [0.1, 0.15) is 5.82 Å². The predicted octanol–water partition coefficient (Wildman–Crippen LogP) is 2.99. The quantitative estimate of drug-likeness (QED) is 0.674. The molecule has 156 valence electrons. The molecule has 0 bridgehead atoms. The molecule has 0 aliphatic heterocycles. The highest BCUT2D eigenvalue weighted by Gasteiger charge is 2.21. The molecule has 2 amide bonds. The first-order valence-electron chi connectivity index (χ1n) is 9.82. The Morgan fingerprint density at radius 3 is 2.69 bits per heavy atom. The molecule has 0 unspecified atom stereocenters. The molecule has 1 saturated carbocycles. The molecular formula is C20H26FN5O2S. The Morgan fingerprint density at radius 2 is 1.97 bits per heavy atom. The van der Waals surface area contributed by atoms with E-state index in [9.17, 15) is 14.0 Å². The number of nitrogens with zero attached hydrogens (tertiary/aromatic N) is 3. The van der Waals surface area contributed by atoms with Crippen LogP contribution < -0.4 is 10.6 Å². The number of benzene rings is 1. The Hall–Kier alpha value is -2.42. The zero-order valence-electron chi connectivity index (χ0n) is 16.7. The molecule has 9 heteroatoms. The van der Waals surface area contributed by atoms with Gasteiger partial charge in [0.15, 0.2) is 11.0 Å². The first-order chi connectivity index (χ1) is 14.0. The van der Waals surface area contributed by atoms with Crippen molar-refractivity contribution in [2.75, 3.05) is 5.75 Å². The largest absolute Gasteiger partial charge is 0.353 e. The van der Waals surface area contributed by atoms with Crippen LogP contribution in [0.1, 0.15) is 61.3 Å². The number of rotatable bonds is 7. The van der Waals surface area contributed by atoms with Crippen LogP contribution in [0.2, 0.25) is 0 Å². The molecular weight excluding hydrogens is 393 g/mol. The van der Waals surface area contributed by atoms with E-state index in [0.29, 0.717) is 11.0 Å². The van der Waals surface area contributed by atoms with E-state index in [1.165, 1.54) is 49.2 Å². The minimum atomic E-state index is -0.574. The van der Waals surface area contributed by atoms with Crippen molar-refractivity contribution in [3.05, 3.63) is 41.5 Å². The highest BCUT2D eigenvalue weighted by Crippen LogP contribution is 2.21. The van der Waals surface area contributed by atoms with Gasteiger partial charge in [-0.25, -0.2) is 4.39 Å². The number of hydrogen-bond donors (Lipinski definition) is 2. The van der Waals surface area contributed by atoms with Gasteiger partial charge in [-0.05, 0) is 31.9 Å². The molecule has 0 radical (unpaired) electrons. The maximum Gasteiger partial charge on any atom is 0.254 e. The second kappa shape index (κ2) is 9.87. The molecule has 1 atom stereocenters. The predicted molar refractivity (Wildman–Crippen MR) is 109 cm³/mol. The van der Waals surface area contributed by atoms with E-state index in [4.69, 9.17) is 0 Å². The summed E-state index contributed by atoms with van der Waals surface area (Å²) in [4.78, 5) is 24.5. The molecule has 1 aromatic carbocycles. The maximum atomic E-state index is 13.8. The van der Waals surface area contributed by atoms with Gasteiger partial charge in [-0.1, -0.05) is 43.2 Å². The van der Waals surface area contributed by atoms with Crippen molar-refractivity contribution < 1.29 is 14.0 Å². The number of nitrogens with one attached hydrogen (secondary N) is 2. The van der Waals surface area contributed by atoms with Crippen molar-refractivity contribution in [1.82, 2.24) is 25.4 Å². The lowest BCUT2D eigenvalue weighted by Gasteiger charge is -2.22. The number of aromatic nitrogens is 3. The number of amides is 2. The number of thioether (sulfide) groups is 1. The van der Waals surface area contributed by atoms with E-state index in [-0.39, 0.29) is 23.3 Å². The lowest BCUT2D eigenvalue weighted by atomic mass is 9.95. The van der Waals surface area contributed by atoms with Gasteiger partial charge >= 0.3 is 0 Å². The number of hydrogen-bond acceptors (Lipinski definition) is 5. The van der Waals surface area contributed by atoms with Crippen LogP contribution in [0.3, 0.4) is 0 Å². The summed E-state index contributed by atoms with van der Waals surface area (Å²) in [6.07, 6.45) is 5.67. The molecule has 3 rings (SSSR count). The van der Waals surface area contributed by atoms with Crippen molar-refractivity contribution >= 4 is 23.6 Å². The van der Waals surface area contributed by atoms with Crippen molar-refractivity contribution in [3.8, 4) is 0 Å². The monoisotopic (exact) mass is 419 g/mol. The molecule has 0 saturated heterocycles. The minimum Gasteiger partial charge on any atom is -0.353 e. The topological polar surface area (TPSA) is 88.9 Å². The fraction of sp³-hybridized carbons (Fsp3) is 0.500. The van der Waals surface area contributed by atoms with Gasteiger partial charge in [0.2, 0.25) is 5.91 Å². The number of carbonyl (C=O) groups excluding carboxylic acids is 2. The maximum absolute atomic E-state index is 13.8. The van der Waals surface area contributed by atoms with E-state index in [0.717, 1.165) is 12.8 Å².